The van der Waals surface area contributed by atoms with Crippen LogP contribution in [0, 0.1) is 5.82 Å². The smallest absolute Gasteiger partial charge is 0.335 e. The summed E-state index contributed by atoms with van der Waals surface area (Å²) in [6, 6.07) is 19.0. The number of halogens is 1. The van der Waals surface area contributed by atoms with E-state index in [1.807, 2.05) is 35.2 Å². The maximum atomic E-state index is 14.2. The highest BCUT2D eigenvalue weighted by Gasteiger charge is 2.26. The number of aryl methyl sites for hydroxylation is 1. The zero-order valence-electron chi connectivity index (χ0n) is 17.5. The number of anilines is 2. The predicted octanol–water partition coefficient (Wildman–Crippen LogP) is 5.96. The number of nitrogens with zero attached hydrogens (tertiary/aromatic N) is 3. The van der Waals surface area contributed by atoms with Gasteiger partial charge in [0.1, 0.15) is 17.1 Å². The summed E-state index contributed by atoms with van der Waals surface area (Å²) in [6.45, 7) is 0.627. The first-order valence-corrected chi connectivity index (χ1v) is 10.7. The summed E-state index contributed by atoms with van der Waals surface area (Å²) >= 11 is 0. The molecule has 0 saturated carbocycles. The lowest BCUT2D eigenvalue weighted by Gasteiger charge is -2.31. The largest absolute Gasteiger partial charge is 0.478 e. The van der Waals surface area contributed by atoms with Crippen LogP contribution in [0.2, 0.25) is 0 Å². The Hall–Kier alpha value is -4.26. The molecule has 5 aromatic rings. The van der Waals surface area contributed by atoms with Crippen LogP contribution in [0.15, 0.2) is 71.1 Å². The predicted molar refractivity (Wildman–Crippen MR) is 123 cm³/mol. The molecule has 1 aliphatic rings. The van der Waals surface area contributed by atoms with E-state index in [1.54, 1.807) is 12.1 Å². The Kier molecular flexibility index (Phi) is 4.36. The zero-order chi connectivity index (χ0) is 22.5. The molecule has 0 bridgehead atoms. The van der Waals surface area contributed by atoms with Gasteiger partial charge in [0.25, 0.3) is 0 Å². The van der Waals surface area contributed by atoms with E-state index in [4.69, 9.17) is 14.4 Å². The molecular weight excluding hydrogens is 421 g/mol. The summed E-state index contributed by atoms with van der Waals surface area (Å²) in [7, 11) is 0. The third-order valence-electron chi connectivity index (χ3n) is 5.97. The van der Waals surface area contributed by atoms with E-state index >= 15 is 0 Å². The minimum Gasteiger partial charge on any atom is -0.478 e. The maximum Gasteiger partial charge on any atom is 0.335 e. The molecule has 0 atom stereocenters. The fraction of sp³-hybridized carbons (Fsp3) is 0.115. The van der Waals surface area contributed by atoms with E-state index < -0.39 is 5.97 Å². The van der Waals surface area contributed by atoms with Crippen LogP contribution in [-0.2, 0) is 6.42 Å². The molecule has 0 saturated heterocycles. The first-order chi connectivity index (χ1) is 16.1. The van der Waals surface area contributed by atoms with Gasteiger partial charge in [-0.2, -0.15) is 0 Å². The number of rotatable bonds is 3. The molecule has 6 nitrogen and oxygen atoms in total. The number of hydrogen-bond donors (Lipinski definition) is 1. The number of carboxylic acid groups (broad SMARTS) is 1. The number of hydrogen-bond acceptors (Lipinski definition) is 5. The van der Waals surface area contributed by atoms with Crippen molar-refractivity contribution in [3.63, 3.8) is 0 Å². The van der Waals surface area contributed by atoms with Gasteiger partial charge in [0, 0.05) is 17.6 Å². The van der Waals surface area contributed by atoms with Gasteiger partial charge in [-0.1, -0.05) is 24.3 Å². The van der Waals surface area contributed by atoms with Gasteiger partial charge in [0.05, 0.1) is 16.6 Å². The van der Waals surface area contributed by atoms with Crippen molar-refractivity contribution in [1.29, 1.82) is 0 Å². The lowest BCUT2D eigenvalue weighted by Crippen LogP contribution is -2.26. The number of aromatic carboxylic acids is 1. The van der Waals surface area contributed by atoms with Gasteiger partial charge in [-0.25, -0.2) is 19.2 Å². The van der Waals surface area contributed by atoms with Gasteiger partial charge in [-0.3, -0.25) is 0 Å². The van der Waals surface area contributed by atoms with Gasteiger partial charge in [0.15, 0.2) is 11.6 Å². The van der Waals surface area contributed by atoms with Crippen LogP contribution in [0.5, 0.6) is 0 Å². The highest BCUT2D eigenvalue weighted by molar-refractivity contribution is 5.94. The van der Waals surface area contributed by atoms with E-state index in [9.17, 15) is 14.3 Å². The molecule has 1 aliphatic heterocycles. The van der Waals surface area contributed by atoms with Crippen LogP contribution in [0.25, 0.3) is 33.5 Å². The SMILES string of the molecule is O=C(O)c1ccc2nc(-c3cc4ccccc4o3)c(N3CCCc4ccc(F)cc43)nc2c1. The Bertz CT molecular complexity index is 1530. The van der Waals surface area contributed by atoms with Crippen molar-refractivity contribution >= 4 is 39.5 Å². The van der Waals surface area contributed by atoms with E-state index in [2.05, 4.69) is 0 Å². The van der Waals surface area contributed by atoms with Crippen molar-refractivity contribution in [2.24, 2.45) is 0 Å². The Morgan fingerprint density at radius 1 is 1.00 bits per heavy atom. The average Bonchev–Trinajstić information content (AvgIpc) is 3.26. The van der Waals surface area contributed by atoms with E-state index in [1.165, 1.54) is 24.3 Å². The summed E-state index contributed by atoms with van der Waals surface area (Å²) < 4.78 is 20.3. The first-order valence-electron chi connectivity index (χ1n) is 10.7. The van der Waals surface area contributed by atoms with Crippen molar-refractivity contribution in [2.45, 2.75) is 12.8 Å². The van der Waals surface area contributed by atoms with Crippen LogP contribution >= 0.6 is 0 Å². The zero-order valence-corrected chi connectivity index (χ0v) is 17.5. The minimum absolute atomic E-state index is 0.129. The average molecular weight is 439 g/mol. The lowest BCUT2D eigenvalue weighted by molar-refractivity contribution is 0.0697. The fourth-order valence-corrected chi connectivity index (χ4v) is 4.40. The third-order valence-corrected chi connectivity index (χ3v) is 5.97. The molecule has 0 aliphatic carbocycles. The molecule has 0 amide bonds. The molecule has 162 valence electrons. The van der Waals surface area contributed by atoms with Crippen LogP contribution in [0.4, 0.5) is 15.9 Å². The van der Waals surface area contributed by atoms with Crippen molar-refractivity contribution in [3.05, 3.63) is 83.7 Å². The highest BCUT2D eigenvalue weighted by atomic mass is 19.1. The number of aromatic nitrogens is 2. The van der Waals surface area contributed by atoms with Crippen molar-refractivity contribution in [2.75, 3.05) is 11.4 Å². The maximum absolute atomic E-state index is 14.2. The van der Waals surface area contributed by atoms with Gasteiger partial charge in [0.2, 0.25) is 0 Å². The number of para-hydroxylation sites is 1. The Morgan fingerprint density at radius 2 is 1.88 bits per heavy atom. The molecule has 3 heterocycles. The minimum atomic E-state index is -1.04. The summed E-state index contributed by atoms with van der Waals surface area (Å²) in [6.07, 6.45) is 1.71. The molecule has 2 aromatic heterocycles. The number of fused-ring (bicyclic) bond motifs is 3. The molecule has 33 heavy (non-hydrogen) atoms. The van der Waals surface area contributed by atoms with E-state index in [0.717, 1.165) is 35.1 Å². The Morgan fingerprint density at radius 3 is 2.73 bits per heavy atom. The van der Waals surface area contributed by atoms with Crippen LogP contribution < -0.4 is 4.90 Å². The van der Waals surface area contributed by atoms with Gasteiger partial charge < -0.3 is 14.4 Å². The van der Waals surface area contributed by atoms with Gasteiger partial charge >= 0.3 is 5.97 Å². The monoisotopic (exact) mass is 439 g/mol. The van der Waals surface area contributed by atoms with Crippen molar-refractivity contribution in [3.8, 4) is 11.5 Å². The van der Waals surface area contributed by atoms with Crippen LogP contribution in [0.3, 0.4) is 0 Å². The quantitative estimate of drug-likeness (QED) is 0.373. The molecular formula is C26H18FN3O3. The van der Waals surface area contributed by atoms with E-state index in [0.29, 0.717) is 34.9 Å². The molecule has 1 N–H and O–H groups in total. The lowest BCUT2D eigenvalue weighted by atomic mass is 10.0. The molecule has 6 rings (SSSR count). The number of carboxylic acids is 1. The molecule has 7 heteroatoms. The second-order valence-corrected chi connectivity index (χ2v) is 8.08. The van der Waals surface area contributed by atoms with Gasteiger partial charge in [-0.15, -0.1) is 0 Å². The Labute approximate surface area is 187 Å². The molecule has 0 spiro atoms. The Balaban J connectivity index is 1.62. The highest BCUT2D eigenvalue weighted by Crippen LogP contribution is 2.40. The second-order valence-electron chi connectivity index (χ2n) is 8.08. The molecule has 0 fully saturated rings. The fourth-order valence-electron chi connectivity index (χ4n) is 4.40. The second kappa shape index (κ2) is 7.41. The van der Waals surface area contributed by atoms with E-state index in [-0.39, 0.29) is 11.4 Å². The molecule has 3 aromatic carbocycles. The van der Waals surface area contributed by atoms with Crippen molar-refractivity contribution < 1.29 is 18.7 Å². The summed E-state index contributed by atoms with van der Waals surface area (Å²) in [4.78, 5) is 23.1. The van der Waals surface area contributed by atoms with Crippen LogP contribution in [0.1, 0.15) is 22.3 Å². The topological polar surface area (TPSA) is 79.5 Å². The summed E-state index contributed by atoms with van der Waals surface area (Å²) in [5.74, 6) is -0.304. The molecule has 0 radical (unpaired) electrons. The van der Waals surface area contributed by atoms with Crippen molar-refractivity contribution in [1.82, 2.24) is 9.97 Å². The van der Waals surface area contributed by atoms with Crippen LogP contribution in [-0.4, -0.2) is 27.6 Å². The molecule has 0 unspecified atom stereocenters. The third kappa shape index (κ3) is 3.29. The normalized spacial score (nSPS) is 13.4. The standard InChI is InChI=1S/C26H18FN3O3/c27-18-9-7-15-5-3-11-30(21(15)14-18)25-24(23-13-16-4-1-2-6-22(16)33-23)28-19-10-8-17(26(31)32)12-20(19)29-25/h1-2,4,6-10,12-14H,3,5,11H2,(H,31,32). The van der Waals surface area contributed by atoms with Gasteiger partial charge in [-0.05, 0) is 60.9 Å². The number of carbonyl (C=O) groups is 1. The summed E-state index contributed by atoms with van der Waals surface area (Å²) in [5, 5.41) is 10.4. The number of benzene rings is 3. The number of furan rings is 1. The summed E-state index contributed by atoms with van der Waals surface area (Å²) in [5.41, 5.74) is 4.15. The first kappa shape index (κ1) is 19.4.